The van der Waals surface area contributed by atoms with E-state index < -0.39 is 40.6 Å². The summed E-state index contributed by atoms with van der Waals surface area (Å²) in [5, 5.41) is 2.16. The minimum Gasteiger partial charge on any atom is -0.331 e. The Hall–Kier alpha value is -2.48. The van der Waals surface area contributed by atoms with Crippen molar-refractivity contribution in [2.45, 2.75) is 25.8 Å². The van der Waals surface area contributed by atoms with Crippen LogP contribution >= 0.6 is 0 Å². The molecular weight excluding hydrogens is 367 g/mol. The predicted octanol–water partition coefficient (Wildman–Crippen LogP) is 3.20. The SMILES string of the molecule is O=C(Nc1ccc(C[NH+]2CCCCC2)cc1)c1c(F)c(F)c(F)c(F)c1F. The number of anilines is 1. The van der Waals surface area contributed by atoms with Gasteiger partial charge in [0.15, 0.2) is 23.3 Å². The molecule has 8 heteroatoms. The van der Waals surface area contributed by atoms with Gasteiger partial charge in [-0.15, -0.1) is 0 Å². The van der Waals surface area contributed by atoms with Crippen LogP contribution in [0.4, 0.5) is 27.6 Å². The molecule has 3 nitrogen and oxygen atoms in total. The van der Waals surface area contributed by atoms with Crippen LogP contribution in [0.5, 0.6) is 0 Å². The second kappa shape index (κ2) is 8.04. The van der Waals surface area contributed by atoms with E-state index >= 15 is 0 Å². The van der Waals surface area contributed by atoms with Crippen LogP contribution in [-0.4, -0.2) is 19.0 Å². The van der Waals surface area contributed by atoms with Crippen molar-refractivity contribution in [2.24, 2.45) is 0 Å². The van der Waals surface area contributed by atoms with Gasteiger partial charge < -0.3 is 10.2 Å². The van der Waals surface area contributed by atoms with Crippen molar-refractivity contribution in [1.82, 2.24) is 0 Å². The molecular formula is C19H18F5N2O+. The molecule has 1 saturated heterocycles. The average molecular weight is 385 g/mol. The lowest BCUT2D eigenvalue weighted by Gasteiger charge is -2.23. The number of nitrogens with one attached hydrogen (secondary N) is 2. The Kier molecular flexibility index (Phi) is 5.74. The Morgan fingerprint density at radius 3 is 1.89 bits per heavy atom. The molecule has 0 saturated carbocycles. The van der Waals surface area contributed by atoms with Gasteiger partial charge in [-0.3, -0.25) is 4.79 Å². The highest BCUT2D eigenvalue weighted by atomic mass is 19.2. The van der Waals surface area contributed by atoms with E-state index in [4.69, 9.17) is 0 Å². The third-order valence-corrected chi connectivity index (χ3v) is 4.66. The number of piperidine rings is 1. The number of carbonyl (C=O) groups excluding carboxylic acids is 1. The van der Waals surface area contributed by atoms with E-state index in [-0.39, 0.29) is 5.69 Å². The van der Waals surface area contributed by atoms with Crippen molar-refractivity contribution in [1.29, 1.82) is 0 Å². The van der Waals surface area contributed by atoms with E-state index in [1.807, 2.05) is 0 Å². The quantitative estimate of drug-likeness (QED) is 0.473. The van der Waals surface area contributed by atoms with Gasteiger partial charge in [0.1, 0.15) is 12.1 Å². The van der Waals surface area contributed by atoms with Gasteiger partial charge in [-0.25, -0.2) is 22.0 Å². The fourth-order valence-electron chi connectivity index (χ4n) is 3.22. The number of likely N-dealkylation sites (tertiary alicyclic amines) is 1. The van der Waals surface area contributed by atoms with E-state index in [2.05, 4.69) is 5.32 Å². The van der Waals surface area contributed by atoms with Gasteiger partial charge in [0.05, 0.1) is 13.1 Å². The van der Waals surface area contributed by atoms with Crippen molar-refractivity contribution < 1.29 is 31.6 Å². The third-order valence-electron chi connectivity index (χ3n) is 4.66. The van der Waals surface area contributed by atoms with E-state index in [0.29, 0.717) is 0 Å². The number of benzene rings is 2. The molecule has 0 aromatic heterocycles. The molecule has 2 N–H and O–H groups in total. The van der Waals surface area contributed by atoms with Crippen LogP contribution in [0.2, 0.25) is 0 Å². The van der Waals surface area contributed by atoms with Crippen LogP contribution in [0.3, 0.4) is 0 Å². The van der Waals surface area contributed by atoms with Gasteiger partial charge in [-0.05, 0) is 31.4 Å². The number of rotatable bonds is 4. The molecule has 144 valence electrons. The number of quaternary nitrogens is 1. The Bertz CT molecular complexity index is 819. The summed E-state index contributed by atoms with van der Waals surface area (Å²) in [6.07, 6.45) is 3.61. The van der Waals surface area contributed by atoms with Crippen LogP contribution in [-0.2, 0) is 6.54 Å². The molecule has 0 unspecified atom stereocenters. The van der Waals surface area contributed by atoms with E-state index in [0.717, 1.165) is 25.2 Å². The highest BCUT2D eigenvalue weighted by Crippen LogP contribution is 2.24. The molecule has 1 amide bonds. The van der Waals surface area contributed by atoms with Crippen LogP contribution in [0.25, 0.3) is 0 Å². The number of carbonyl (C=O) groups is 1. The molecule has 27 heavy (non-hydrogen) atoms. The number of hydrogen-bond donors (Lipinski definition) is 2. The first-order chi connectivity index (χ1) is 12.9. The average Bonchev–Trinajstić information content (AvgIpc) is 2.67. The summed E-state index contributed by atoms with van der Waals surface area (Å²) in [6.45, 7) is 3.02. The molecule has 0 radical (unpaired) electrons. The van der Waals surface area contributed by atoms with Gasteiger partial charge in [0, 0.05) is 11.3 Å². The maximum absolute atomic E-state index is 13.7. The zero-order chi connectivity index (χ0) is 19.6. The van der Waals surface area contributed by atoms with Crippen molar-refractivity contribution in [3.05, 3.63) is 64.5 Å². The zero-order valence-corrected chi connectivity index (χ0v) is 14.4. The highest BCUT2D eigenvalue weighted by molar-refractivity contribution is 6.04. The lowest BCUT2D eigenvalue weighted by atomic mass is 10.1. The number of hydrogen-bond acceptors (Lipinski definition) is 1. The fraction of sp³-hybridized carbons (Fsp3) is 0.316. The van der Waals surface area contributed by atoms with Crippen molar-refractivity contribution >= 4 is 11.6 Å². The molecule has 0 atom stereocenters. The maximum atomic E-state index is 13.7. The van der Waals surface area contributed by atoms with Crippen LogP contribution in [0.15, 0.2) is 24.3 Å². The normalized spacial score (nSPS) is 15.0. The summed E-state index contributed by atoms with van der Waals surface area (Å²) >= 11 is 0. The first-order valence-corrected chi connectivity index (χ1v) is 8.63. The summed E-state index contributed by atoms with van der Waals surface area (Å²) in [4.78, 5) is 13.5. The lowest BCUT2D eigenvalue weighted by molar-refractivity contribution is -0.918. The predicted molar refractivity (Wildman–Crippen MR) is 88.9 cm³/mol. The van der Waals surface area contributed by atoms with Gasteiger partial charge in [0.2, 0.25) is 5.82 Å². The highest BCUT2D eigenvalue weighted by Gasteiger charge is 2.29. The maximum Gasteiger partial charge on any atom is 0.261 e. The molecule has 3 rings (SSSR count). The second-order valence-corrected chi connectivity index (χ2v) is 6.58. The Morgan fingerprint density at radius 2 is 1.33 bits per heavy atom. The molecule has 0 spiro atoms. The summed E-state index contributed by atoms with van der Waals surface area (Å²) < 4.78 is 66.9. The van der Waals surface area contributed by atoms with Gasteiger partial charge in [-0.1, -0.05) is 12.1 Å². The zero-order valence-electron chi connectivity index (χ0n) is 14.4. The number of amides is 1. The first-order valence-electron chi connectivity index (χ1n) is 8.63. The Balaban J connectivity index is 1.73. The van der Waals surface area contributed by atoms with Crippen molar-refractivity contribution in [3.8, 4) is 0 Å². The third kappa shape index (κ3) is 4.10. The molecule has 1 aliphatic rings. The monoisotopic (exact) mass is 385 g/mol. The fourth-order valence-corrected chi connectivity index (χ4v) is 3.22. The summed E-state index contributed by atoms with van der Waals surface area (Å²) in [6, 6.07) is 6.58. The topological polar surface area (TPSA) is 33.5 Å². The Morgan fingerprint density at radius 1 is 0.815 bits per heavy atom. The van der Waals surface area contributed by atoms with Crippen LogP contribution in [0.1, 0.15) is 35.2 Å². The Labute approximate surface area is 152 Å². The van der Waals surface area contributed by atoms with E-state index in [1.165, 1.54) is 36.3 Å². The minimum absolute atomic E-state index is 0.196. The van der Waals surface area contributed by atoms with Crippen LogP contribution in [0, 0.1) is 29.1 Å². The van der Waals surface area contributed by atoms with E-state index in [9.17, 15) is 26.7 Å². The molecule has 0 bridgehead atoms. The summed E-state index contributed by atoms with van der Waals surface area (Å²) in [5.41, 5.74) is -0.282. The van der Waals surface area contributed by atoms with Gasteiger partial charge in [0.25, 0.3) is 5.91 Å². The standard InChI is InChI=1S/C19H17F5N2O/c20-14-13(15(21)17(23)18(24)16(14)22)19(27)25-12-6-4-11(5-7-12)10-26-8-2-1-3-9-26/h4-7H,1-3,8-10H2,(H,25,27)/p+1. The van der Waals surface area contributed by atoms with Crippen LogP contribution < -0.4 is 10.2 Å². The number of halogens is 5. The summed E-state index contributed by atoms with van der Waals surface area (Å²) in [7, 11) is 0. The molecule has 0 aliphatic carbocycles. The molecule has 1 fully saturated rings. The molecule has 2 aromatic carbocycles. The van der Waals surface area contributed by atoms with E-state index in [1.54, 1.807) is 12.1 Å². The van der Waals surface area contributed by atoms with Crippen molar-refractivity contribution in [2.75, 3.05) is 18.4 Å². The van der Waals surface area contributed by atoms with Gasteiger partial charge in [-0.2, -0.15) is 0 Å². The second-order valence-electron chi connectivity index (χ2n) is 6.58. The molecule has 2 aromatic rings. The molecule has 1 heterocycles. The van der Waals surface area contributed by atoms with Gasteiger partial charge >= 0.3 is 0 Å². The first kappa shape index (κ1) is 19.3. The lowest BCUT2D eigenvalue weighted by Crippen LogP contribution is -3.11. The minimum atomic E-state index is -2.30. The molecule has 1 aliphatic heterocycles. The summed E-state index contributed by atoms with van der Waals surface area (Å²) in [5.74, 6) is -12.3. The smallest absolute Gasteiger partial charge is 0.261 e. The largest absolute Gasteiger partial charge is 0.331 e. The van der Waals surface area contributed by atoms with Crippen molar-refractivity contribution in [3.63, 3.8) is 0 Å².